The molecule has 9 nitrogen and oxygen atoms in total. The Hall–Kier alpha value is -2.43. The summed E-state index contributed by atoms with van der Waals surface area (Å²) in [5, 5.41) is 17.6. The van der Waals surface area contributed by atoms with E-state index in [4.69, 9.17) is 14.6 Å². The number of piperidine rings is 1. The van der Waals surface area contributed by atoms with Gasteiger partial charge in [0.15, 0.2) is 0 Å². The largest absolute Gasteiger partial charge is 0.465 e. The minimum Gasteiger partial charge on any atom is -0.465 e. The van der Waals surface area contributed by atoms with Crippen molar-refractivity contribution < 1.29 is 28.6 Å². The molecule has 3 amide bonds. The molecular weight excluding hydrogens is 467 g/mol. The van der Waals surface area contributed by atoms with Gasteiger partial charge in [-0.25, -0.2) is 14.0 Å². The zero-order chi connectivity index (χ0) is 25.9. The number of likely N-dealkylation sites (N-methyl/N-ethyl adjacent to an activating group) is 1. The monoisotopic (exact) mass is 508 g/mol. The van der Waals surface area contributed by atoms with Gasteiger partial charge in [-0.1, -0.05) is 6.07 Å². The van der Waals surface area contributed by atoms with Crippen molar-refractivity contribution in [2.24, 2.45) is 11.8 Å². The SMILES string of the molecule is CNCC(CC1CCOCC1)NC(=O)N1CCCC(C(OCCNC(=O)O)c2cc(C)cc(F)c2)C1. The quantitative estimate of drug-likeness (QED) is 0.341. The summed E-state index contributed by atoms with van der Waals surface area (Å²) in [7, 11) is 1.89. The molecule has 3 atom stereocenters. The number of likely N-dealkylation sites (tertiary alicyclic amines) is 1. The van der Waals surface area contributed by atoms with Gasteiger partial charge in [0.25, 0.3) is 0 Å². The van der Waals surface area contributed by atoms with Crippen LogP contribution in [-0.2, 0) is 9.47 Å². The van der Waals surface area contributed by atoms with E-state index >= 15 is 0 Å². The highest BCUT2D eigenvalue weighted by Gasteiger charge is 2.32. The fraction of sp³-hybridized carbons (Fsp3) is 0.692. The van der Waals surface area contributed by atoms with Crippen LogP contribution in [0.1, 0.15) is 49.3 Å². The Labute approximate surface area is 213 Å². The molecule has 36 heavy (non-hydrogen) atoms. The van der Waals surface area contributed by atoms with Gasteiger partial charge in [-0.15, -0.1) is 0 Å². The van der Waals surface area contributed by atoms with Crippen molar-refractivity contribution in [3.8, 4) is 0 Å². The van der Waals surface area contributed by atoms with E-state index in [1.54, 1.807) is 0 Å². The van der Waals surface area contributed by atoms with Gasteiger partial charge in [-0.3, -0.25) is 0 Å². The van der Waals surface area contributed by atoms with Gasteiger partial charge in [0.2, 0.25) is 0 Å². The number of halogens is 1. The first-order valence-corrected chi connectivity index (χ1v) is 13.0. The van der Waals surface area contributed by atoms with Crippen LogP contribution < -0.4 is 16.0 Å². The molecule has 202 valence electrons. The van der Waals surface area contributed by atoms with Gasteiger partial charge in [0.1, 0.15) is 5.82 Å². The van der Waals surface area contributed by atoms with Crippen molar-refractivity contribution in [1.29, 1.82) is 0 Å². The van der Waals surface area contributed by atoms with Crippen LogP contribution >= 0.6 is 0 Å². The molecule has 0 bridgehead atoms. The fourth-order valence-electron chi connectivity index (χ4n) is 5.31. The number of carbonyl (C=O) groups excluding carboxylic acids is 1. The average Bonchev–Trinajstić information content (AvgIpc) is 2.84. The van der Waals surface area contributed by atoms with Crippen molar-refractivity contribution >= 4 is 12.1 Å². The number of hydrogen-bond acceptors (Lipinski definition) is 5. The maximum atomic E-state index is 14.2. The first-order chi connectivity index (χ1) is 17.4. The Morgan fingerprint density at radius 1 is 1.25 bits per heavy atom. The van der Waals surface area contributed by atoms with Gasteiger partial charge in [-0.2, -0.15) is 0 Å². The second-order valence-corrected chi connectivity index (χ2v) is 9.93. The highest BCUT2D eigenvalue weighted by atomic mass is 19.1. The summed E-state index contributed by atoms with van der Waals surface area (Å²) >= 11 is 0. The number of benzene rings is 1. The Morgan fingerprint density at radius 3 is 2.72 bits per heavy atom. The van der Waals surface area contributed by atoms with Gasteiger partial charge in [0.05, 0.1) is 12.7 Å². The molecule has 0 spiro atoms. The van der Waals surface area contributed by atoms with E-state index in [1.165, 1.54) is 12.1 Å². The number of carbonyl (C=O) groups is 2. The topological polar surface area (TPSA) is 112 Å². The van der Waals surface area contributed by atoms with Crippen LogP contribution in [0.3, 0.4) is 0 Å². The summed E-state index contributed by atoms with van der Waals surface area (Å²) in [5.41, 5.74) is 1.50. The Morgan fingerprint density at radius 2 is 2.03 bits per heavy atom. The second-order valence-electron chi connectivity index (χ2n) is 9.93. The van der Waals surface area contributed by atoms with Gasteiger partial charge in [-0.05, 0) is 75.3 Å². The number of urea groups is 1. The molecule has 3 unspecified atom stereocenters. The van der Waals surface area contributed by atoms with E-state index < -0.39 is 12.2 Å². The van der Waals surface area contributed by atoms with Crippen LogP contribution in [0, 0.1) is 24.6 Å². The Kier molecular flexibility index (Phi) is 11.2. The zero-order valence-electron chi connectivity index (χ0n) is 21.4. The zero-order valence-corrected chi connectivity index (χ0v) is 21.4. The number of carboxylic acid groups (broad SMARTS) is 1. The second kappa shape index (κ2) is 14.3. The molecule has 4 N–H and O–H groups in total. The van der Waals surface area contributed by atoms with Crippen LogP contribution in [0.15, 0.2) is 18.2 Å². The molecule has 0 radical (unpaired) electrons. The summed E-state index contributed by atoms with van der Waals surface area (Å²) in [5.74, 6) is 0.171. The van der Waals surface area contributed by atoms with Crippen molar-refractivity contribution in [3.63, 3.8) is 0 Å². The minimum absolute atomic E-state index is 0.0333. The van der Waals surface area contributed by atoms with Crippen LogP contribution in [-0.4, -0.2) is 81.2 Å². The normalized spacial score (nSPS) is 20.5. The summed E-state index contributed by atoms with van der Waals surface area (Å²) in [4.78, 5) is 25.9. The summed E-state index contributed by atoms with van der Waals surface area (Å²) in [6.07, 6.45) is 3.04. The molecule has 2 fully saturated rings. The average molecular weight is 509 g/mol. The Balaban J connectivity index is 1.65. The number of aryl methyl sites for hydroxylation is 1. The predicted octanol–water partition coefficient (Wildman–Crippen LogP) is 3.29. The van der Waals surface area contributed by atoms with Crippen molar-refractivity contribution in [3.05, 3.63) is 35.1 Å². The predicted molar refractivity (Wildman–Crippen MR) is 135 cm³/mol. The molecule has 2 saturated heterocycles. The highest BCUT2D eigenvalue weighted by Crippen LogP contribution is 2.34. The number of nitrogens with zero attached hydrogens (tertiary/aromatic N) is 1. The molecule has 2 heterocycles. The third-order valence-corrected chi connectivity index (χ3v) is 6.98. The van der Waals surface area contributed by atoms with E-state index in [1.807, 2.05) is 24.9 Å². The molecule has 1 aromatic carbocycles. The first kappa shape index (κ1) is 28.1. The number of amides is 3. The minimum atomic E-state index is -1.12. The van der Waals surface area contributed by atoms with E-state index in [-0.39, 0.29) is 37.0 Å². The number of hydrogen-bond donors (Lipinski definition) is 4. The van der Waals surface area contributed by atoms with Crippen molar-refractivity contribution in [2.75, 3.05) is 53.0 Å². The standard InChI is InChI=1S/C26H41FN4O5/c1-18-12-21(15-22(27)13-18)24(36-11-7-29-26(33)34)20-4-3-8-31(17-20)25(32)30-23(16-28-2)14-19-5-9-35-10-6-19/h12-13,15,19-20,23-24,28-29H,3-11,14,16-17H2,1-2H3,(H,30,32)(H,33,34). The van der Waals surface area contributed by atoms with Gasteiger partial charge >= 0.3 is 12.1 Å². The molecule has 2 aliphatic heterocycles. The van der Waals surface area contributed by atoms with E-state index in [0.29, 0.717) is 31.1 Å². The van der Waals surface area contributed by atoms with E-state index in [2.05, 4.69) is 16.0 Å². The van der Waals surface area contributed by atoms with Crippen molar-refractivity contribution in [2.45, 2.75) is 51.2 Å². The summed E-state index contributed by atoms with van der Waals surface area (Å²) in [6.45, 7) is 5.52. The first-order valence-electron chi connectivity index (χ1n) is 13.0. The fourth-order valence-corrected chi connectivity index (χ4v) is 5.31. The van der Waals surface area contributed by atoms with Crippen LogP contribution in [0.25, 0.3) is 0 Å². The highest BCUT2D eigenvalue weighted by molar-refractivity contribution is 5.74. The van der Waals surface area contributed by atoms with E-state index in [9.17, 15) is 14.0 Å². The van der Waals surface area contributed by atoms with Crippen molar-refractivity contribution in [1.82, 2.24) is 20.9 Å². The lowest BCUT2D eigenvalue weighted by Crippen LogP contribution is -2.52. The molecule has 0 aromatic heterocycles. The lowest BCUT2D eigenvalue weighted by molar-refractivity contribution is -0.00874. The Bertz CT molecular complexity index is 831. The van der Waals surface area contributed by atoms with E-state index in [0.717, 1.165) is 50.9 Å². The molecule has 0 saturated carbocycles. The smallest absolute Gasteiger partial charge is 0.404 e. The lowest BCUT2D eigenvalue weighted by atomic mass is 9.87. The summed E-state index contributed by atoms with van der Waals surface area (Å²) in [6, 6.07) is 4.78. The molecule has 0 aliphatic carbocycles. The third-order valence-electron chi connectivity index (χ3n) is 6.98. The molecule has 1 aromatic rings. The van der Waals surface area contributed by atoms with Gasteiger partial charge < -0.3 is 35.4 Å². The molecule has 10 heteroatoms. The maximum absolute atomic E-state index is 14.2. The number of nitrogens with one attached hydrogen (secondary N) is 3. The third kappa shape index (κ3) is 8.90. The maximum Gasteiger partial charge on any atom is 0.404 e. The summed E-state index contributed by atoms with van der Waals surface area (Å²) < 4.78 is 25.8. The van der Waals surface area contributed by atoms with Crippen LogP contribution in [0.2, 0.25) is 0 Å². The number of ether oxygens (including phenoxy) is 2. The lowest BCUT2D eigenvalue weighted by Gasteiger charge is -2.38. The van der Waals surface area contributed by atoms with Gasteiger partial charge in [0, 0.05) is 51.4 Å². The molecular formula is C26H41FN4O5. The van der Waals surface area contributed by atoms with Crippen LogP contribution in [0.5, 0.6) is 0 Å². The molecule has 3 rings (SSSR count). The molecule has 2 aliphatic rings. The number of rotatable bonds is 11. The van der Waals surface area contributed by atoms with Crippen LogP contribution in [0.4, 0.5) is 14.0 Å².